The summed E-state index contributed by atoms with van der Waals surface area (Å²) in [5, 5.41) is 12.3. The summed E-state index contributed by atoms with van der Waals surface area (Å²) in [6.45, 7) is 2.45. The highest BCUT2D eigenvalue weighted by molar-refractivity contribution is 5.99. The van der Waals surface area contributed by atoms with Crippen LogP contribution in [0.4, 0.5) is 0 Å². The molecule has 0 atom stereocenters. The predicted molar refractivity (Wildman–Crippen MR) is 67.1 cm³/mol. The minimum atomic E-state index is -0.0568. The summed E-state index contributed by atoms with van der Waals surface area (Å²) in [6.07, 6.45) is 0. The molecule has 0 radical (unpaired) electrons. The number of benzene rings is 1. The number of hydrogen-bond donors (Lipinski definition) is 2. The van der Waals surface area contributed by atoms with Crippen molar-refractivity contribution in [3.63, 3.8) is 0 Å². The van der Waals surface area contributed by atoms with Gasteiger partial charge in [-0.1, -0.05) is 17.3 Å². The van der Waals surface area contributed by atoms with E-state index in [4.69, 9.17) is 20.1 Å². The van der Waals surface area contributed by atoms with Gasteiger partial charge in [-0.2, -0.15) is 0 Å². The number of nitrogens with zero attached hydrogens (tertiary/aromatic N) is 1. The Bertz CT molecular complexity index is 536. The first-order chi connectivity index (χ1) is 7.76. The van der Waals surface area contributed by atoms with E-state index in [0.717, 1.165) is 5.39 Å². The molecule has 3 N–H and O–H groups in total. The van der Waals surface area contributed by atoms with E-state index >= 15 is 0 Å². The molecule has 0 aliphatic carbocycles. The summed E-state index contributed by atoms with van der Waals surface area (Å²) >= 11 is 0. The Hall–Kier alpha value is -1.88. The Balaban J connectivity index is 0.00000144. The Kier molecular flexibility index (Phi) is 4.23. The van der Waals surface area contributed by atoms with Crippen molar-refractivity contribution in [2.75, 3.05) is 6.61 Å². The first-order valence-electron chi connectivity index (χ1n) is 4.89. The summed E-state index contributed by atoms with van der Waals surface area (Å²) in [4.78, 5) is 0. The molecule has 2 rings (SSSR count). The Morgan fingerprint density at radius 3 is 2.94 bits per heavy atom. The Morgan fingerprint density at radius 1 is 1.53 bits per heavy atom. The van der Waals surface area contributed by atoms with Crippen LogP contribution in [-0.4, -0.2) is 17.6 Å². The maximum Gasteiger partial charge on any atom is 0.205 e. The molecule has 0 amide bonds. The lowest BCUT2D eigenvalue weighted by Gasteiger charge is -2.02. The topological polar surface area (TPSA) is 81.0 Å². The van der Waals surface area contributed by atoms with Crippen LogP contribution in [0.1, 0.15) is 12.7 Å². The van der Waals surface area contributed by atoms with Crippen LogP contribution in [0.5, 0.6) is 5.75 Å². The molecule has 1 heterocycles. The van der Waals surface area contributed by atoms with Gasteiger partial charge in [0.2, 0.25) is 5.84 Å². The zero-order chi connectivity index (χ0) is 11.5. The normalized spacial score (nSPS) is 11.2. The SMILES string of the molecule is CCOc1cccc2cc(C(N)=NO)oc12.Cl. The third kappa shape index (κ3) is 2.45. The van der Waals surface area contributed by atoms with Crippen molar-refractivity contribution in [3.05, 3.63) is 30.0 Å². The quantitative estimate of drug-likeness (QED) is 0.382. The number of rotatable bonds is 3. The van der Waals surface area contributed by atoms with Crippen molar-refractivity contribution >= 4 is 29.2 Å². The summed E-state index contributed by atoms with van der Waals surface area (Å²) in [5.41, 5.74) is 6.05. The van der Waals surface area contributed by atoms with Crippen LogP contribution < -0.4 is 10.5 Å². The van der Waals surface area contributed by atoms with Gasteiger partial charge in [0, 0.05) is 5.39 Å². The van der Waals surface area contributed by atoms with E-state index in [-0.39, 0.29) is 18.2 Å². The van der Waals surface area contributed by atoms with Crippen LogP contribution >= 0.6 is 12.4 Å². The molecule has 0 saturated carbocycles. The van der Waals surface area contributed by atoms with Crippen molar-refractivity contribution in [3.8, 4) is 5.75 Å². The Morgan fingerprint density at radius 2 is 2.29 bits per heavy atom. The molecule has 5 nitrogen and oxygen atoms in total. The van der Waals surface area contributed by atoms with Gasteiger partial charge in [-0.05, 0) is 19.1 Å². The molecule has 0 unspecified atom stereocenters. The van der Waals surface area contributed by atoms with Crippen LogP contribution in [-0.2, 0) is 0 Å². The van der Waals surface area contributed by atoms with E-state index in [1.165, 1.54) is 0 Å². The first kappa shape index (κ1) is 13.2. The van der Waals surface area contributed by atoms with Crippen molar-refractivity contribution in [1.29, 1.82) is 0 Å². The minimum absolute atomic E-state index is 0. The number of ether oxygens (including phenoxy) is 1. The second kappa shape index (κ2) is 5.45. The van der Waals surface area contributed by atoms with Gasteiger partial charge in [0.25, 0.3) is 0 Å². The maximum atomic E-state index is 8.56. The molecule has 0 fully saturated rings. The second-order valence-corrected chi connectivity index (χ2v) is 3.20. The Labute approximate surface area is 104 Å². The fraction of sp³-hybridized carbons (Fsp3) is 0.182. The number of nitrogens with two attached hydrogens (primary N) is 1. The van der Waals surface area contributed by atoms with Gasteiger partial charge in [-0.15, -0.1) is 12.4 Å². The standard InChI is InChI=1S/C11H12N2O3.ClH/c1-2-15-8-5-3-4-7-6-9(11(12)13-14)16-10(7)8;/h3-6,14H,2H2,1H3,(H2,12,13);1H. The van der Waals surface area contributed by atoms with Gasteiger partial charge in [0.15, 0.2) is 17.1 Å². The van der Waals surface area contributed by atoms with Gasteiger partial charge >= 0.3 is 0 Å². The number of oxime groups is 1. The van der Waals surface area contributed by atoms with Gasteiger partial charge < -0.3 is 20.1 Å². The van der Waals surface area contributed by atoms with Gasteiger partial charge in [0.1, 0.15) is 0 Å². The molecule has 0 aliphatic rings. The number of furan rings is 1. The van der Waals surface area contributed by atoms with Crippen LogP contribution in [0.25, 0.3) is 11.0 Å². The number of fused-ring (bicyclic) bond motifs is 1. The largest absolute Gasteiger partial charge is 0.490 e. The van der Waals surface area contributed by atoms with Crippen LogP contribution in [0.3, 0.4) is 0 Å². The van der Waals surface area contributed by atoms with Gasteiger partial charge in [-0.3, -0.25) is 0 Å². The van der Waals surface area contributed by atoms with E-state index in [9.17, 15) is 0 Å². The monoisotopic (exact) mass is 256 g/mol. The van der Waals surface area contributed by atoms with Crippen molar-refractivity contribution in [1.82, 2.24) is 0 Å². The van der Waals surface area contributed by atoms with Crippen LogP contribution in [0, 0.1) is 0 Å². The molecular formula is C11H13ClN2O3. The lowest BCUT2D eigenvalue weighted by molar-refractivity contribution is 0.317. The van der Waals surface area contributed by atoms with Crippen molar-refractivity contribution in [2.24, 2.45) is 10.9 Å². The van der Waals surface area contributed by atoms with E-state index in [1.54, 1.807) is 6.07 Å². The fourth-order valence-corrected chi connectivity index (χ4v) is 1.48. The molecule has 0 spiro atoms. The number of para-hydroxylation sites is 1. The highest BCUT2D eigenvalue weighted by atomic mass is 35.5. The molecule has 1 aromatic carbocycles. The van der Waals surface area contributed by atoms with E-state index in [1.807, 2.05) is 25.1 Å². The molecule has 92 valence electrons. The molecule has 0 aliphatic heterocycles. The zero-order valence-electron chi connectivity index (χ0n) is 9.21. The third-order valence-electron chi connectivity index (χ3n) is 2.17. The number of halogens is 1. The van der Waals surface area contributed by atoms with Crippen molar-refractivity contribution in [2.45, 2.75) is 6.92 Å². The first-order valence-corrected chi connectivity index (χ1v) is 4.89. The number of hydrogen-bond acceptors (Lipinski definition) is 4. The average molecular weight is 257 g/mol. The summed E-state index contributed by atoms with van der Waals surface area (Å²) < 4.78 is 10.9. The maximum absolute atomic E-state index is 8.56. The highest BCUT2D eigenvalue weighted by Gasteiger charge is 2.11. The lowest BCUT2D eigenvalue weighted by atomic mass is 10.2. The highest BCUT2D eigenvalue weighted by Crippen LogP contribution is 2.28. The van der Waals surface area contributed by atoms with E-state index in [0.29, 0.717) is 23.7 Å². The average Bonchev–Trinajstić information content (AvgIpc) is 2.73. The molecule has 17 heavy (non-hydrogen) atoms. The summed E-state index contributed by atoms with van der Waals surface area (Å²) in [5.74, 6) is 0.917. The van der Waals surface area contributed by atoms with Crippen molar-refractivity contribution < 1.29 is 14.4 Å². The zero-order valence-corrected chi connectivity index (χ0v) is 10.0. The number of amidine groups is 1. The summed E-state index contributed by atoms with van der Waals surface area (Å²) in [7, 11) is 0. The molecule has 0 saturated heterocycles. The molecule has 0 bridgehead atoms. The lowest BCUT2D eigenvalue weighted by Crippen LogP contribution is -2.11. The van der Waals surface area contributed by atoms with E-state index < -0.39 is 0 Å². The minimum Gasteiger partial charge on any atom is -0.490 e. The van der Waals surface area contributed by atoms with Crippen LogP contribution in [0.2, 0.25) is 0 Å². The fourth-order valence-electron chi connectivity index (χ4n) is 1.48. The molecule has 2 aromatic rings. The van der Waals surface area contributed by atoms with E-state index in [2.05, 4.69) is 5.16 Å². The molecule has 6 heteroatoms. The van der Waals surface area contributed by atoms with Gasteiger partial charge in [-0.25, -0.2) is 0 Å². The molecular weight excluding hydrogens is 244 g/mol. The predicted octanol–water partition coefficient (Wildman–Crippen LogP) is 2.35. The summed E-state index contributed by atoms with van der Waals surface area (Å²) in [6, 6.07) is 7.24. The third-order valence-corrected chi connectivity index (χ3v) is 2.17. The molecule has 1 aromatic heterocycles. The smallest absolute Gasteiger partial charge is 0.205 e. The van der Waals surface area contributed by atoms with Crippen LogP contribution in [0.15, 0.2) is 33.8 Å². The van der Waals surface area contributed by atoms with Gasteiger partial charge in [0.05, 0.1) is 6.61 Å². The second-order valence-electron chi connectivity index (χ2n) is 3.20.